The van der Waals surface area contributed by atoms with Crippen molar-refractivity contribution in [1.82, 2.24) is 14.8 Å². The molecule has 0 spiro atoms. The van der Waals surface area contributed by atoms with Gasteiger partial charge >= 0.3 is 0 Å². The molecule has 3 nitrogen and oxygen atoms in total. The van der Waals surface area contributed by atoms with Gasteiger partial charge in [-0.05, 0) is 17.9 Å². The topological polar surface area (TPSA) is 30.7 Å². The second-order valence-corrected chi connectivity index (χ2v) is 4.61. The predicted molar refractivity (Wildman–Crippen MR) is 69.8 cm³/mol. The summed E-state index contributed by atoms with van der Waals surface area (Å²) in [5.41, 5.74) is 2.44. The van der Waals surface area contributed by atoms with Crippen molar-refractivity contribution in [2.75, 3.05) is 0 Å². The van der Waals surface area contributed by atoms with Gasteiger partial charge in [-0.3, -0.25) is 4.68 Å². The number of hydrogen-bond acceptors (Lipinski definition) is 2. The van der Waals surface area contributed by atoms with Gasteiger partial charge in [0.05, 0.1) is 0 Å². The van der Waals surface area contributed by atoms with Gasteiger partial charge in [-0.1, -0.05) is 45.0 Å². The molecule has 0 aliphatic rings. The summed E-state index contributed by atoms with van der Waals surface area (Å²) in [5.74, 6) is 1.38. The summed E-state index contributed by atoms with van der Waals surface area (Å²) in [4.78, 5) is 4.33. The molecule has 2 rings (SSSR count). The molecule has 0 N–H and O–H groups in total. The molecule has 1 aromatic heterocycles. The zero-order valence-corrected chi connectivity index (χ0v) is 10.7. The Morgan fingerprint density at radius 1 is 1.18 bits per heavy atom. The number of aryl methyl sites for hydroxylation is 1. The normalized spacial score (nSPS) is 11.1. The zero-order valence-electron chi connectivity index (χ0n) is 10.7. The Kier molecular flexibility index (Phi) is 3.57. The van der Waals surface area contributed by atoms with Crippen LogP contribution in [0.3, 0.4) is 0 Å². The minimum absolute atomic E-state index is 0.564. The van der Waals surface area contributed by atoms with Crippen molar-refractivity contribution in [1.29, 1.82) is 0 Å². The maximum atomic E-state index is 4.45. The third kappa shape index (κ3) is 2.73. The van der Waals surface area contributed by atoms with Crippen LogP contribution < -0.4 is 0 Å². The van der Waals surface area contributed by atoms with Crippen LogP contribution in [-0.2, 0) is 6.54 Å². The minimum Gasteiger partial charge on any atom is -0.252 e. The summed E-state index contributed by atoms with van der Waals surface area (Å²) in [7, 11) is 0. The molecule has 0 aliphatic heterocycles. The van der Waals surface area contributed by atoms with Crippen molar-refractivity contribution in [3.05, 3.63) is 36.2 Å². The largest absolute Gasteiger partial charge is 0.252 e. The molecule has 1 heterocycles. The molecular weight excluding hydrogens is 210 g/mol. The highest BCUT2D eigenvalue weighted by atomic mass is 15.3. The quantitative estimate of drug-likeness (QED) is 0.803. The lowest BCUT2D eigenvalue weighted by Crippen LogP contribution is -1.96. The van der Waals surface area contributed by atoms with Crippen molar-refractivity contribution in [2.45, 2.75) is 39.7 Å². The van der Waals surface area contributed by atoms with Gasteiger partial charge in [-0.15, -0.1) is 0 Å². The first-order valence-corrected chi connectivity index (χ1v) is 6.20. The summed E-state index contributed by atoms with van der Waals surface area (Å²) in [6.07, 6.45) is 2.88. The second-order valence-electron chi connectivity index (χ2n) is 4.61. The molecular formula is C14H19N3. The Morgan fingerprint density at radius 3 is 2.47 bits per heavy atom. The molecule has 0 saturated carbocycles. The fraction of sp³-hybridized carbons (Fsp3) is 0.429. The molecule has 17 heavy (non-hydrogen) atoms. The van der Waals surface area contributed by atoms with E-state index in [-0.39, 0.29) is 0 Å². The first kappa shape index (κ1) is 11.8. The predicted octanol–water partition coefficient (Wildman–Crippen LogP) is 3.48. The fourth-order valence-corrected chi connectivity index (χ4v) is 1.78. The summed E-state index contributed by atoms with van der Waals surface area (Å²) in [5, 5.41) is 4.45. The van der Waals surface area contributed by atoms with Gasteiger partial charge < -0.3 is 0 Å². The lowest BCUT2D eigenvalue weighted by atomic mass is 10.0. The summed E-state index contributed by atoms with van der Waals surface area (Å²) in [6.45, 7) is 7.46. The van der Waals surface area contributed by atoms with Gasteiger partial charge in [0, 0.05) is 12.1 Å². The van der Waals surface area contributed by atoms with Crippen LogP contribution in [0.25, 0.3) is 11.4 Å². The van der Waals surface area contributed by atoms with Gasteiger partial charge in [-0.2, -0.15) is 5.10 Å². The molecule has 0 radical (unpaired) electrons. The van der Waals surface area contributed by atoms with E-state index >= 15 is 0 Å². The first-order chi connectivity index (χ1) is 8.20. The number of rotatable bonds is 4. The SMILES string of the molecule is CCCn1cnc(-c2ccc(C(C)C)cc2)n1. The fourth-order valence-electron chi connectivity index (χ4n) is 1.78. The maximum Gasteiger partial charge on any atom is 0.181 e. The smallest absolute Gasteiger partial charge is 0.181 e. The van der Waals surface area contributed by atoms with Crippen molar-refractivity contribution in [3.63, 3.8) is 0 Å². The van der Waals surface area contributed by atoms with Crippen molar-refractivity contribution in [2.24, 2.45) is 0 Å². The molecule has 0 amide bonds. The molecule has 0 fully saturated rings. The first-order valence-electron chi connectivity index (χ1n) is 6.20. The highest BCUT2D eigenvalue weighted by Gasteiger charge is 2.05. The van der Waals surface area contributed by atoms with E-state index in [2.05, 4.69) is 55.1 Å². The lowest BCUT2D eigenvalue weighted by molar-refractivity contribution is 0.602. The van der Waals surface area contributed by atoms with Gasteiger partial charge in [0.2, 0.25) is 0 Å². The van der Waals surface area contributed by atoms with Gasteiger partial charge in [-0.25, -0.2) is 4.98 Å². The Morgan fingerprint density at radius 2 is 1.88 bits per heavy atom. The average molecular weight is 229 g/mol. The molecule has 90 valence electrons. The van der Waals surface area contributed by atoms with Crippen LogP contribution in [0.15, 0.2) is 30.6 Å². The minimum atomic E-state index is 0.564. The van der Waals surface area contributed by atoms with Crippen molar-refractivity contribution >= 4 is 0 Å². The van der Waals surface area contributed by atoms with Crippen LogP contribution in [0.5, 0.6) is 0 Å². The van der Waals surface area contributed by atoms with Crippen LogP contribution in [0.2, 0.25) is 0 Å². The second kappa shape index (κ2) is 5.13. The third-order valence-electron chi connectivity index (χ3n) is 2.82. The monoisotopic (exact) mass is 229 g/mol. The zero-order chi connectivity index (χ0) is 12.3. The number of hydrogen-bond donors (Lipinski definition) is 0. The third-order valence-corrected chi connectivity index (χ3v) is 2.82. The Balaban J connectivity index is 2.21. The highest BCUT2D eigenvalue weighted by Crippen LogP contribution is 2.19. The maximum absolute atomic E-state index is 4.45. The van der Waals surface area contributed by atoms with Crippen LogP contribution >= 0.6 is 0 Å². The van der Waals surface area contributed by atoms with E-state index in [4.69, 9.17) is 0 Å². The van der Waals surface area contributed by atoms with Gasteiger partial charge in [0.25, 0.3) is 0 Å². The summed E-state index contributed by atoms with van der Waals surface area (Å²) < 4.78 is 1.89. The van der Waals surface area contributed by atoms with Gasteiger partial charge in [0.15, 0.2) is 5.82 Å². The molecule has 0 atom stereocenters. The van der Waals surface area contributed by atoms with E-state index in [1.807, 2.05) is 4.68 Å². The van der Waals surface area contributed by atoms with E-state index in [1.165, 1.54) is 5.56 Å². The molecule has 0 aliphatic carbocycles. The Labute approximate surface area is 103 Å². The average Bonchev–Trinajstić information content (AvgIpc) is 2.78. The molecule has 0 unspecified atom stereocenters. The molecule has 3 heteroatoms. The molecule has 0 bridgehead atoms. The highest BCUT2D eigenvalue weighted by molar-refractivity contribution is 5.54. The van der Waals surface area contributed by atoms with Crippen LogP contribution in [-0.4, -0.2) is 14.8 Å². The van der Waals surface area contributed by atoms with Gasteiger partial charge in [0.1, 0.15) is 6.33 Å². The van der Waals surface area contributed by atoms with Crippen LogP contribution in [0.4, 0.5) is 0 Å². The van der Waals surface area contributed by atoms with E-state index in [0.717, 1.165) is 24.4 Å². The van der Waals surface area contributed by atoms with Crippen molar-refractivity contribution in [3.8, 4) is 11.4 Å². The van der Waals surface area contributed by atoms with E-state index < -0.39 is 0 Å². The number of nitrogens with zero attached hydrogens (tertiary/aromatic N) is 3. The summed E-state index contributed by atoms with van der Waals surface area (Å²) in [6, 6.07) is 8.50. The number of aromatic nitrogens is 3. The Bertz CT molecular complexity index is 468. The van der Waals surface area contributed by atoms with E-state index in [9.17, 15) is 0 Å². The van der Waals surface area contributed by atoms with E-state index in [0.29, 0.717) is 5.92 Å². The standard InChI is InChI=1S/C14H19N3/c1-4-9-17-10-15-14(16-17)13-7-5-12(6-8-13)11(2)3/h5-8,10-11H,4,9H2,1-3H3. The van der Waals surface area contributed by atoms with Crippen LogP contribution in [0, 0.1) is 0 Å². The van der Waals surface area contributed by atoms with Crippen molar-refractivity contribution < 1.29 is 0 Å². The van der Waals surface area contributed by atoms with Crippen LogP contribution in [0.1, 0.15) is 38.7 Å². The van der Waals surface area contributed by atoms with E-state index in [1.54, 1.807) is 6.33 Å². The lowest BCUT2D eigenvalue weighted by Gasteiger charge is -2.04. The molecule has 0 saturated heterocycles. The number of benzene rings is 1. The molecule has 2 aromatic rings. The summed E-state index contributed by atoms with van der Waals surface area (Å²) >= 11 is 0. The molecule has 1 aromatic carbocycles. The Hall–Kier alpha value is -1.64.